The molecule has 0 unspecified atom stereocenters. The first-order valence-corrected chi connectivity index (χ1v) is 7.36. The molecule has 0 aliphatic heterocycles. The topological polar surface area (TPSA) is 3.24 Å². The first kappa shape index (κ1) is 25.8. The second kappa shape index (κ2) is 13.5. The van der Waals surface area contributed by atoms with E-state index >= 15 is 0 Å². The van der Waals surface area contributed by atoms with E-state index in [1.165, 1.54) is 0 Å². The molecule has 122 valence electrons. The molecule has 0 fully saturated rings. The Bertz CT molecular complexity index is 259. The molecule has 0 amide bonds. The minimum Gasteiger partial charge on any atom is -0.358 e. The Morgan fingerprint density at radius 1 is 0.667 bits per heavy atom. The molecule has 1 rings (SSSR count). The van der Waals surface area contributed by atoms with Crippen molar-refractivity contribution in [1.29, 1.82) is 0 Å². The molecule has 0 heterocycles. The molecule has 0 saturated heterocycles. The minimum absolute atomic E-state index is 0. The predicted molar refractivity (Wildman–Crippen MR) is 93.6 cm³/mol. The fourth-order valence-electron chi connectivity index (χ4n) is 1.17. The van der Waals surface area contributed by atoms with E-state index < -0.39 is 0 Å². The van der Waals surface area contributed by atoms with Crippen LogP contribution in [0.2, 0.25) is 0 Å². The van der Waals surface area contributed by atoms with Crippen LogP contribution in [-0.4, -0.2) is 23.5 Å². The number of hydrogen-bond acceptors (Lipinski definition) is 1. The zero-order chi connectivity index (χ0) is 16.2. The van der Waals surface area contributed by atoms with Crippen LogP contribution in [0.1, 0.15) is 48.5 Å². The van der Waals surface area contributed by atoms with Crippen LogP contribution in [0.15, 0.2) is 36.4 Å². The van der Waals surface area contributed by atoms with Crippen molar-refractivity contribution in [2.24, 2.45) is 5.41 Å². The molecule has 0 bridgehead atoms. The maximum absolute atomic E-state index is 3.81. The summed E-state index contributed by atoms with van der Waals surface area (Å²) in [5.41, 5.74) is 0.726. The summed E-state index contributed by atoms with van der Waals surface area (Å²) in [7, 11) is 0. The van der Waals surface area contributed by atoms with Gasteiger partial charge in [0, 0.05) is 5.54 Å². The first-order chi connectivity index (χ1) is 9.02. The monoisotopic (exact) mass is 461 g/mol. The molecule has 0 saturated carbocycles. The minimum atomic E-state index is 0. The fourth-order valence-corrected chi connectivity index (χ4v) is 1.17. The van der Waals surface area contributed by atoms with E-state index in [9.17, 15) is 0 Å². The summed E-state index contributed by atoms with van der Waals surface area (Å²) < 4.78 is 0. The van der Waals surface area contributed by atoms with Gasteiger partial charge in [0.05, 0.1) is 0 Å². The number of benzene rings is 1. The second-order valence-corrected chi connectivity index (χ2v) is 7.31. The van der Waals surface area contributed by atoms with Crippen LogP contribution in [0.5, 0.6) is 0 Å². The third kappa shape index (κ3) is 25.2. The average molecular weight is 461 g/mol. The molecule has 2 heteroatoms. The quantitative estimate of drug-likeness (QED) is 0.527. The largest absolute Gasteiger partial charge is 2.00 e. The van der Waals surface area contributed by atoms with Crippen molar-refractivity contribution in [2.45, 2.75) is 54.0 Å². The van der Waals surface area contributed by atoms with Crippen LogP contribution in [0, 0.1) is 19.3 Å². The van der Waals surface area contributed by atoms with Gasteiger partial charge in [-0.15, -0.1) is 13.1 Å². The van der Waals surface area contributed by atoms with Gasteiger partial charge in [-0.25, -0.2) is 0 Å². The molecule has 0 aliphatic rings. The van der Waals surface area contributed by atoms with Gasteiger partial charge in [-0.1, -0.05) is 64.1 Å². The summed E-state index contributed by atoms with van der Waals surface area (Å²) in [6.07, 6.45) is 0. The standard InChI is InChI=1S/C8H17N.C6H6.C5H12.W/c1-6-9(7-2)8(3,4)5;1-2-4-6-5-3-1;1-5(2,3)4;/h1-2,6-7H2,3-5H3;1-6H;1-4H3;/q-2;;;+2. The van der Waals surface area contributed by atoms with E-state index in [1.807, 2.05) is 36.4 Å². The van der Waals surface area contributed by atoms with E-state index in [-0.39, 0.29) is 26.6 Å². The van der Waals surface area contributed by atoms with Crippen molar-refractivity contribution in [3.05, 3.63) is 50.2 Å². The summed E-state index contributed by atoms with van der Waals surface area (Å²) in [5.74, 6) is 0. The third-order valence-corrected chi connectivity index (χ3v) is 2.16. The van der Waals surface area contributed by atoms with Crippen molar-refractivity contribution in [3.8, 4) is 0 Å². The molecule has 1 aromatic carbocycles. The average Bonchev–Trinajstić information content (AvgIpc) is 2.29. The smallest absolute Gasteiger partial charge is 0.358 e. The summed E-state index contributed by atoms with van der Waals surface area (Å²) in [4.78, 5) is 2.22. The maximum atomic E-state index is 3.81. The van der Waals surface area contributed by atoms with Gasteiger partial charge in [-0.3, -0.25) is 0 Å². The van der Waals surface area contributed by atoms with E-state index in [4.69, 9.17) is 0 Å². The molecule has 0 N–H and O–H groups in total. The van der Waals surface area contributed by atoms with E-state index in [0.29, 0.717) is 5.41 Å². The molecular formula is C19H35NW. The summed E-state index contributed by atoms with van der Waals surface area (Å²) >= 11 is 0. The summed E-state index contributed by atoms with van der Waals surface area (Å²) in [6, 6.07) is 12.0. The SMILES string of the molecule is CC(C)(C)C.[CH2-]CN(C[CH2-])C(C)(C)C.[W+2].c1ccccc1. The number of hydrogen-bond donors (Lipinski definition) is 0. The van der Waals surface area contributed by atoms with Gasteiger partial charge >= 0.3 is 21.1 Å². The Morgan fingerprint density at radius 3 is 0.905 bits per heavy atom. The molecule has 0 atom stereocenters. The molecule has 0 radical (unpaired) electrons. The van der Waals surface area contributed by atoms with Crippen molar-refractivity contribution < 1.29 is 21.1 Å². The first-order valence-electron chi connectivity index (χ1n) is 7.36. The Labute approximate surface area is 148 Å². The zero-order valence-electron chi connectivity index (χ0n) is 15.1. The maximum Gasteiger partial charge on any atom is 2.00 e. The fraction of sp³-hybridized carbons (Fsp3) is 0.579. The normalized spacial score (nSPS) is 10.6. The van der Waals surface area contributed by atoms with Crippen LogP contribution in [0.4, 0.5) is 0 Å². The Kier molecular flexibility index (Phi) is 16.6. The van der Waals surface area contributed by atoms with Gasteiger partial charge in [0.25, 0.3) is 0 Å². The van der Waals surface area contributed by atoms with Gasteiger partial charge in [-0.2, -0.15) is 0 Å². The van der Waals surface area contributed by atoms with Gasteiger partial charge in [-0.05, 0) is 26.2 Å². The van der Waals surface area contributed by atoms with Gasteiger partial charge in [0.1, 0.15) is 0 Å². The molecule has 21 heavy (non-hydrogen) atoms. The van der Waals surface area contributed by atoms with E-state index in [0.717, 1.165) is 13.1 Å². The Balaban J connectivity index is -0.000000237. The van der Waals surface area contributed by atoms with Gasteiger partial charge in [0.2, 0.25) is 0 Å². The molecule has 1 nitrogen and oxygen atoms in total. The number of rotatable bonds is 2. The van der Waals surface area contributed by atoms with E-state index in [1.54, 1.807) is 0 Å². The predicted octanol–water partition coefficient (Wildman–Crippen LogP) is 5.49. The molecule has 0 spiro atoms. The number of nitrogens with zero attached hydrogens (tertiary/aromatic N) is 1. The van der Waals surface area contributed by atoms with Crippen molar-refractivity contribution in [2.75, 3.05) is 13.1 Å². The van der Waals surface area contributed by atoms with Crippen LogP contribution >= 0.6 is 0 Å². The third-order valence-electron chi connectivity index (χ3n) is 2.16. The second-order valence-electron chi connectivity index (χ2n) is 7.31. The van der Waals surface area contributed by atoms with Gasteiger partial charge in [0.15, 0.2) is 0 Å². The summed E-state index contributed by atoms with van der Waals surface area (Å²) in [6.45, 7) is 24.6. The molecular weight excluding hydrogens is 426 g/mol. The Morgan fingerprint density at radius 2 is 0.857 bits per heavy atom. The van der Waals surface area contributed by atoms with Crippen molar-refractivity contribution in [1.82, 2.24) is 4.90 Å². The van der Waals surface area contributed by atoms with Crippen LogP contribution in [0.25, 0.3) is 0 Å². The van der Waals surface area contributed by atoms with Crippen molar-refractivity contribution >= 4 is 0 Å². The van der Waals surface area contributed by atoms with Crippen LogP contribution in [-0.2, 0) is 21.1 Å². The molecule has 0 aliphatic carbocycles. The van der Waals surface area contributed by atoms with E-state index in [2.05, 4.69) is 67.2 Å². The zero-order valence-corrected chi connectivity index (χ0v) is 18.1. The summed E-state index contributed by atoms with van der Waals surface area (Å²) in [5, 5.41) is 0. The Hall–Kier alpha value is -0.132. The molecule has 1 aromatic rings. The van der Waals surface area contributed by atoms with Crippen molar-refractivity contribution in [3.63, 3.8) is 0 Å². The van der Waals surface area contributed by atoms with Crippen LogP contribution < -0.4 is 0 Å². The molecule has 0 aromatic heterocycles. The van der Waals surface area contributed by atoms with Gasteiger partial charge < -0.3 is 18.7 Å². The van der Waals surface area contributed by atoms with Crippen LogP contribution in [0.3, 0.4) is 0 Å².